The van der Waals surface area contributed by atoms with Gasteiger partial charge < -0.3 is 9.94 Å². The monoisotopic (exact) mass is 376 g/mol. The lowest BCUT2D eigenvalue weighted by molar-refractivity contribution is -0.189. The van der Waals surface area contributed by atoms with Gasteiger partial charge in [0.2, 0.25) is 0 Å². The molecular weight excluding hydrogens is 360 g/mol. The average molecular weight is 376 g/mol. The summed E-state index contributed by atoms with van der Waals surface area (Å²) < 4.78 is 0.153. The molecule has 0 radical (unpaired) electrons. The van der Waals surface area contributed by atoms with E-state index in [0.717, 1.165) is 5.06 Å². The van der Waals surface area contributed by atoms with E-state index in [1.165, 1.54) is 35.3 Å². The van der Waals surface area contributed by atoms with Gasteiger partial charge in [0, 0.05) is 12.7 Å². The van der Waals surface area contributed by atoms with Gasteiger partial charge in [-0.15, -0.1) is 11.8 Å². The summed E-state index contributed by atoms with van der Waals surface area (Å²) in [6.45, 7) is 4.85. The van der Waals surface area contributed by atoms with Crippen LogP contribution in [0.5, 0.6) is 0 Å². The van der Waals surface area contributed by atoms with Crippen molar-refractivity contribution >= 4 is 57.9 Å². The molecule has 0 bridgehead atoms. The Morgan fingerprint density at radius 3 is 2.74 bits per heavy atom. The summed E-state index contributed by atoms with van der Waals surface area (Å²) in [6, 6.07) is -0.865. The van der Waals surface area contributed by atoms with Crippen LogP contribution in [0, 0.1) is 0 Å². The quantitative estimate of drug-likeness (QED) is 0.450. The summed E-state index contributed by atoms with van der Waals surface area (Å²) in [5.74, 6) is -0.915. The molecule has 0 aromatic rings. The van der Waals surface area contributed by atoms with Crippen LogP contribution in [-0.2, 0) is 19.2 Å². The average Bonchev–Trinajstić information content (AvgIpc) is 2.46. The summed E-state index contributed by atoms with van der Waals surface area (Å²) in [5, 5.41) is 9.78. The van der Waals surface area contributed by atoms with E-state index < -0.39 is 29.2 Å². The predicted octanol–water partition coefficient (Wildman–Crippen LogP) is 1.45. The fourth-order valence-corrected chi connectivity index (χ4v) is 4.51. The fraction of sp³-hybridized carbons (Fsp3) is 0.538. The van der Waals surface area contributed by atoms with E-state index in [1.54, 1.807) is 6.92 Å². The maximum atomic E-state index is 12.4. The van der Waals surface area contributed by atoms with Crippen molar-refractivity contribution < 1.29 is 24.3 Å². The number of amides is 2. The standard InChI is InChI=1S/C13H16N2O5S3/c1-4-22-13(21)20-15(7(3)16)9-10(17)14-8(12(18)19)6(2)5-23-11(9)14/h9,11H,4-5H2,1-3H3,(H,18,19)/t9-,11?/m1/s1. The first kappa shape index (κ1) is 18.1. The number of hydrogen-bond acceptors (Lipinski definition) is 7. The maximum absolute atomic E-state index is 12.4. The Morgan fingerprint density at radius 2 is 2.22 bits per heavy atom. The number of hydrogen-bond donors (Lipinski definition) is 1. The molecule has 2 aliphatic heterocycles. The number of hydroxylamine groups is 2. The molecule has 2 atom stereocenters. The third-order valence-electron chi connectivity index (χ3n) is 3.33. The molecule has 23 heavy (non-hydrogen) atoms. The highest BCUT2D eigenvalue weighted by Gasteiger charge is 2.57. The van der Waals surface area contributed by atoms with Gasteiger partial charge in [-0.3, -0.25) is 14.5 Å². The second-order valence-corrected chi connectivity index (χ2v) is 7.88. The minimum Gasteiger partial charge on any atom is -0.477 e. The second kappa shape index (κ2) is 7.10. The molecule has 1 unspecified atom stereocenters. The molecule has 0 saturated carbocycles. The first-order valence-corrected chi connectivity index (χ1v) is 9.26. The number of aliphatic carboxylic acids is 1. The van der Waals surface area contributed by atoms with Gasteiger partial charge >= 0.3 is 5.97 Å². The van der Waals surface area contributed by atoms with Gasteiger partial charge in [-0.05, 0) is 30.5 Å². The normalized spacial score (nSPS) is 23.1. The fourth-order valence-electron chi connectivity index (χ4n) is 2.38. The highest BCUT2D eigenvalue weighted by molar-refractivity contribution is 8.22. The molecule has 2 rings (SSSR count). The molecule has 0 aliphatic carbocycles. The number of carbonyl (C=O) groups is 3. The highest BCUT2D eigenvalue weighted by Crippen LogP contribution is 2.42. The minimum absolute atomic E-state index is 0.0102. The zero-order valence-corrected chi connectivity index (χ0v) is 15.2. The molecule has 1 N–H and O–H groups in total. The predicted molar refractivity (Wildman–Crippen MR) is 91.6 cm³/mol. The third-order valence-corrected chi connectivity index (χ3v) is 5.77. The number of β-lactam (4-membered cyclic amide) rings is 1. The lowest BCUT2D eigenvalue weighted by Crippen LogP contribution is -2.71. The molecule has 2 amide bonds. The molecule has 1 saturated heterocycles. The molecule has 1 fully saturated rings. The number of carbonyl (C=O) groups excluding carboxylic acids is 2. The first-order chi connectivity index (χ1) is 10.8. The Bertz CT molecular complexity index is 606. The van der Waals surface area contributed by atoms with Crippen molar-refractivity contribution in [2.24, 2.45) is 0 Å². The number of rotatable bonds is 3. The van der Waals surface area contributed by atoms with Crippen LogP contribution < -0.4 is 0 Å². The highest BCUT2D eigenvalue weighted by atomic mass is 32.2. The first-order valence-electron chi connectivity index (χ1n) is 6.81. The number of nitrogens with zero attached hydrogens (tertiary/aromatic N) is 2. The van der Waals surface area contributed by atoms with Crippen LogP contribution in [0.1, 0.15) is 20.8 Å². The van der Waals surface area contributed by atoms with E-state index in [9.17, 15) is 19.5 Å². The largest absolute Gasteiger partial charge is 0.477 e. The summed E-state index contributed by atoms with van der Waals surface area (Å²) in [6.07, 6.45) is 0. The topological polar surface area (TPSA) is 87.2 Å². The van der Waals surface area contributed by atoms with Gasteiger partial charge in [-0.2, -0.15) is 5.06 Å². The zero-order valence-electron chi connectivity index (χ0n) is 12.8. The molecular formula is C13H16N2O5S3. The Kier molecular flexibility index (Phi) is 5.58. The zero-order chi connectivity index (χ0) is 17.3. The van der Waals surface area contributed by atoms with Crippen LogP contribution >= 0.6 is 35.7 Å². The molecule has 7 nitrogen and oxygen atoms in total. The van der Waals surface area contributed by atoms with Crippen molar-refractivity contribution in [1.29, 1.82) is 0 Å². The number of carboxylic acid groups (broad SMARTS) is 1. The summed E-state index contributed by atoms with van der Waals surface area (Å²) in [5.41, 5.74) is 0.613. The molecule has 0 aromatic carbocycles. The van der Waals surface area contributed by atoms with Gasteiger partial charge in [0.15, 0.2) is 6.04 Å². The van der Waals surface area contributed by atoms with Crippen LogP contribution in [0.3, 0.4) is 0 Å². The van der Waals surface area contributed by atoms with Crippen LogP contribution in [0.15, 0.2) is 11.3 Å². The van der Waals surface area contributed by atoms with E-state index in [-0.39, 0.29) is 10.1 Å². The molecule has 0 spiro atoms. The van der Waals surface area contributed by atoms with Crippen molar-refractivity contribution in [3.05, 3.63) is 11.3 Å². The molecule has 126 valence electrons. The van der Waals surface area contributed by atoms with Gasteiger partial charge in [0.1, 0.15) is 11.1 Å². The summed E-state index contributed by atoms with van der Waals surface area (Å²) in [4.78, 5) is 42.2. The second-order valence-electron chi connectivity index (χ2n) is 4.91. The van der Waals surface area contributed by atoms with Crippen LogP contribution in [0.2, 0.25) is 0 Å². The van der Waals surface area contributed by atoms with E-state index in [1.807, 2.05) is 6.92 Å². The van der Waals surface area contributed by atoms with Crippen molar-refractivity contribution in [3.8, 4) is 0 Å². The van der Waals surface area contributed by atoms with Crippen molar-refractivity contribution in [2.45, 2.75) is 32.2 Å². The minimum atomic E-state index is -1.15. The Hall–Kier alpha value is -1.26. The Balaban J connectivity index is 2.22. The number of carboxylic acids is 1. The number of thioether (sulfide) groups is 2. The van der Waals surface area contributed by atoms with E-state index in [4.69, 9.17) is 17.1 Å². The van der Waals surface area contributed by atoms with E-state index in [2.05, 4.69) is 0 Å². The third kappa shape index (κ3) is 3.33. The van der Waals surface area contributed by atoms with E-state index >= 15 is 0 Å². The molecule has 10 heteroatoms. The Labute approximate surface area is 147 Å². The molecule has 2 heterocycles. The van der Waals surface area contributed by atoms with Crippen LogP contribution in [0.4, 0.5) is 0 Å². The van der Waals surface area contributed by atoms with Gasteiger partial charge in [-0.25, -0.2) is 4.79 Å². The molecule has 2 aliphatic rings. The van der Waals surface area contributed by atoms with Gasteiger partial charge in [-0.1, -0.05) is 18.7 Å². The van der Waals surface area contributed by atoms with Crippen molar-refractivity contribution in [2.75, 3.05) is 11.5 Å². The number of fused-ring (bicyclic) bond motifs is 1. The lowest BCUT2D eigenvalue weighted by Gasteiger charge is -2.51. The Morgan fingerprint density at radius 1 is 1.57 bits per heavy atom. The summed E-state index contributed by atoms with van der Waals surface area (Å²) >= 11 is 7.67. The smallest absolute Gasteiger partial charge is 0.352 e. The van der Waals surface area contributed by atoms with Crippen LogP contribution in [0.25, 0.3) is 0 Å². The SMILES string of the molecule is CCSC(=S)ON(C(C)=O)[C@@H]1C(=O)N2C(C(=O)O)=C(C)CSC12. The van der Waals surface area contributed by atoms with Gasteiger partial charge in [0.05, 0.1) is 0 Å². The summed E-state index contributed by atoms with van der Waals surface area (Å²) in [7, 11) is 0. The number of thiocarbonyl (C=S) groups is 1. The van der Waals surface area contributed by atoms with Crippen molar-refractivity contribution in [1.82, 2.24) is 9.96 Å². The van der Waals surface area contributed by atoms with E-state index in [0.29, 0.717) is 17.1 Å². The van der Waals surface area contributed by atoms with Crippen LogP contribution in [-0.4, -0.2) is 60.2 Å². The van der Waals surface area contributed by atoms with Crippen molar-refractivity contribution in [3.63, 3.8) is 0 Å². The van der Waals surface area contributed by atoms with Gasteiger partial charge in [0.25, 0.3) is 16.2 Å². The lowest BCUT2D eigenvalue weighted by atomic mass is 10.0. The molecule has 0 aromatic heterocycles. The maximum Gasteiger partial charge on any atom is 0.352 e.